The molecule has 0 radical (unpaired) electrons. The first-order valence-corrected chi connectivity index (χ1v) is 18.2. The fraction of sp³-hybridized carbons (Fsp3) is 0.186. The van der Waals surface area contributed by atoms with Gasteiger partial charge in [0.2, 0.25) is 0 Å². The molecule has 13 heteroatoms. The number of carbonyl (C=O) groups is 3. The van der Waals surface area contributed by atoms with Crippen LogP contribution in [0.15, 0.2) is 146 Å². The molecule has 4 aromatic carbocycles. The smallest absolute Gasteiger partial charge is 0.321 e. The second-order valence-electron chi connectivity index (χ2n) is 13.5. The van der Waals surface area contributed by atoms with E-state index >= 15 is 4.79 Å². The molecule has 0 aliphatic carbocycles. The third kappa shape index (κ3) is 9.09. The van der Waals surface area contributed by atoms with Crippen molar-refractivity contribution in [3.8, 4) is 0 Å². The standard InChI is InChI=1S/C43H40N8O5/c52-39-35(23-29-9-3-1-4-10-29)50(27-31-13-7-15-33(21-31)41(54)48-37-25-44-17-19-46-37)43(56)51(36(40(39)53)24-30-11-5-2-6-12-30)28-32-14-8-16-34(22-32)42(55)49-38-26-45-18-20-47-38/h1-22,25-26,35-36,39-40,52-53H,23-24,27-28H2,(H,46,48,54)(H,47,49,55)/t35-,36-,39+,40+/m1/s1. The highest BCUT2D eigenvalue weighted by Gasteiger charge is 2.46. The maximum atomic E-state index is 15.2. The third-order valence-corrected chi connectivity index (χ3v) is 9.70. The van der Waals surface area contributed by atoms with Gasteiger partial charge in [0.1, 0.15) is 12.2 Å². The molecule has 56 heavy (non-hydrogen) atoms. The van der Waals surface area contributed by atoms with Crippen LogP contribution in [0.2, 0.25) is 0 Å². The van der Waals surface area contributed by atoms with Crippen LogP contribution in [0.5, 0.6) is 0 Å². The van der Waals surface area contributed by atoms with Crippen molar-refractivity contribution in [2.24, 2.45) is 0 Å². The summed E-state index contributed by atoms with van der Waals surface area (Å²) in [7, 11) is 0. The topological polar surface area (TPSA) is 174 Å². The number of amides is 4. The first-order chi connectivity index (χ1) is 27.3. The van der Waals surface area contributed by atoms with Crippen LogP contribution in [0, 0.1) is 0 Å². The van der Waals surface area contributed by atoms with Crippen molar-refractivity contribution in [2.45, 2.75) is 50.2 Å². The molecule has 6 aromatic rings. The van der Waals surface area contributed by atoms with Gasteiger partial charge in [0.15, 0.2) is 11.6 Å². The first-order valence-electron chi connectivity index (χ1n) is 18.2. The van der Waals surface area contributed by atoms with Crippen LogP contribution in [0.25, 0.3) is 0 Å². The number of nitrogens with zero attached hydrogens (tertiary/aromatic N) is 6. The lowest BCUT2D eigenvalue weighted by Crippen LogP contribution is -2.50. The van der Waals surface area contributed by atoms with Gasteiger partial charge in [-0.3, -0.25) is 19.6 Å². The summed E-state index contributed by atoms with van der Waals surface area (Å²) < 4.78 is 0. The quantitative estimate of drug-likeness (QED) is 0.132. The monoisotopic (exact) mass is 748 g/mol. The van der Waals surface area contributed by atoms with Gasteiger partial charge in [-0.05, 0) is 59.4 Å². The zero-order chi connectivity index (χ0) is 38.9. The summed E-state index contributed by atoms with van der Waals surface area (Å²) in [5.74, 6) is -0.223. The molecule has 0 unspecified atom stereocenters. The summed E-state index contributed by atoms with van der Waals surface area (Å²) in [6.45, 7) is 0.0307. The van der Waals surface area contributed by atoms with E-state index in [9.17, 15) is 19.8 Å². The van der Waals surface area contributed by atoms with Gasteiger partial charge in [-0.2, -0.15) is 0 Å². The number of urea groups is 1. The number of hydrogen-bond donors (Lipinski definition) is 4. The molecule has 7 rings (SSSR count). The van der Waals surface area contributed by atoms with Crippen molar-refractivity contribution in [2.75, 3.05) is 10.6 Å². The summed E-state index contributed by atoms with van der Waals surface area (Å²) >= 11 is 0. The fourth-order valence-electron chi connectivity index (χ4n) is 6.93. The highest BCUT2D eigenvalue weighted by molar-refractivity contribution is 6.04. The normalized spacial score (nSPS) is 18.2. The van der Waals surface area contributed by atoms with E-state index in [-0.39, 0.29) is 25.9 Å². The van der Waals surface area contributed by atoms with Crippen LogP contribution >= 0.6 is 0 Å². The molecule has 3 heterocycles. The van der Waals surface area contributed by atoms with Gasteiger partial charge in [0, 0.05) is 49.0 Å². The molecule has 2 aromatic heterocycles. The van der Waals surface area contributed by atoms with Crippen molar-refractivity contribution in [1.29, 1.82) is 0 Å². The van der Waals surface area contributed by atoms with E-state index in [0.29, 0.717) is 33.9 Å². The molecule has 0 bridgehead atoms. The Morgan fingerprint density at radius 3 is 1.36 bits per heavy atom. The molecule has 0 spiro atoms. The molecule has 1 aliphatic rings. The Hall–Kier alpha value is -6.83. The van der Waals surface area contributed by atoms with Gasteiger partial charge in [0.05, 0.1) is 24.5 Å². The van der Waals surface area contributed by atoms with E-state index in [1.165, 1.54) is 37.2 Å². The lowest BCUT2D eigenvalue weighted by molar-refractivity contribution is -0.0408. The summed E-state index contributed by atoms with van der Waals surface area (Å²) in [6.07, 6.45) is 6.65. The molecule has 4 amide bonds. The maximum absolute atomic E-state index is 15.2. The summed E-state index contributed by atoms with van der Waals surface area (Å²) in [4.78, 5) is 61.1. The van der Waals surface area contributed by atoms with Crippen molar-refractivity contribution in [3.05, 3.63) is 180 Å². The molecule has 4 atom stereocenters. The largest absolute Gasteiger partial charge is 0.388 e. The average Bonchev–Trinajstić information content (AvgIpc) is 3.29. The summed E-state index contributed by atoms with van der Waals surface area (Å²) in [6, 6.07) is 30.6. The zero-order valence-electron chi connectivity index (χ0n) is 30.3. The third-order valence-electron chi connectivity index (χ3n) is 9.70. The fourth-order valence-corrected chi connectivity index (χ4v) is 6.93. The number of aliphatic hydroxyl groups is 2. The number of benzene rings is 4. The van der Waals surface area contributed by atoms with Gasteiger partial charge >= 0.3 is 6.03 Å². The minimum absolute atomic E-state index is 0.0154. The van der Waals surface area contributed by atoms with Gasteiger partial charge in [-0.1, -0.05) is 84.9 Å². The van der Waals surface area contributed by atoms with Crippen LogP contribution in [0.4, 0.5) is 16.4 Å². The van der Waals surface area contributed by atoms with Crippen LogP contribution in [0.1, 0.15) is 43.0 Å². The Labute approximate surface area is 323 Å². The highest BCUT2D eigenvalue weighted by Crippen LogP contribution is 2.30. The van der Waals surface area contributed by atoms with Crippen LogP contribution in [0.3, 0.4) is 0 Å². The second-order valence-corrected chi connectivity index (χ2v) is 13.5. The molecule has 1 saturated heterocycles. The Kier molecular flexibility index (Phi) is 11.7. The van der Waals surface area contributed by atoms with Crippen LogP contribution < -0.4 is 10.6 Å². The van der Waals surface area contributed by atoms with E-state index in [4.69, 9.17) is 0 Å². The predicted octanol–water partition coefficient (Wildman–Crippen LogP) is 5.15. The number of anilines is 2. The van der Waals surface area contributed by atoms with Crippen molar-refractivity contribution in [3.63, 3.8) is 0 Å². The molecular weight excluding hydrogens is 709 g/mol. The minimum Gasteiger partial charge on any atom is -0.388 e. The second kappa shape index (κ2) is 17.5. The van der Waals surface area contributed by atoms with Gasteiger partial charge in [-0.25, -0.2) is 14.8 Å². The number of hydrogen-bond acceptors (Lipinski definition) is 9. The van der Waals surface area contributed by atoms with E-state index in [1.54, 1.807) is 46.2 Å². The molecular formula is C43H40N8O5. The summed E-state index contributed by atoms with van der Waals surface area (Å²) in [5, 5.41) is 29.7. The van der Waals surface area contributed by atoms with Gasteiger partial charge in [-0.15, -0.1) is 0 Å². The van der Waals surface area contributed by atoms with E-state index in [0.717, 1.165) is 11.1 Å². The van der Waals surface area contributed by atoms with Crippen molar-refractivity contribution in [1.82, 2.24) is 29.7 Å². The molecule has 282 valence electrons. The van der Waals surface area contributed by atoms with Crippen LogP contribution in [-0.2, 0) is 25.9 Å². The minimum atomic E-state index is -1.36. The first kappa shape index (κ1) is 37.5. The van der Waals surface area contributed by atoms with Crippen LogP contribution in [-0.4, -0.2) is 82.1 Å². The molecule has 13 nitrogen and oxygen atoms in total. The predicted molar refractivity (Wildman–Crippen MR) is 209 cm³/mol. The van der Waals surface area contributed by atoms with Gasteiger partial charge in [0.25, 0.3) is 11.8 Å². The molecule has 1 fully saturated rings. The number of aliphatic hydroxyl groups excluding tert-OH is 2. The lowest BCUT2D eigenvalue weighted by atomic mass is 9.90. The Balaban J connectivity index is 1.25. The van der Waals surface area contributed by atoms with E-state index in [1.807, 2.05) is 72.8 Å². The zero-order valence-corrected chi connectivity index (χ0v) is 30.3. The number of carbonyl (C=O) groups excluding carboxylic acids is 3. The van der Waals surface area contributed by atoms with Crippen molar-refractivity contribution < 1.29 is 24.6 Å². The number of nitrogens with one attached hydrogen (secondary N) is 2. The van der Waals surface area contributed by atoms with E-state index < -0.39 is 42.1 Å². The van der Waals surface area contributed by atoms with Crippen molar-refractivity contribution >= 4 is 29.5 Å². The Morgan fingerprint density at radius 2 is 0.964 bits per heavy atom. The lowest BCUT2D eigenvalue weighted by Gasteiger charge is -2.36. The molecule has 1 aliphatic heterocycles. The summed E-state index contributed by atoms with van der Waals surface area (Å²) in [5.41, 5.74) is 3.68. The Bertz CT molecular complexity index is 2090. The number of rotatable bonds is 12. The SMILES string of the molecule is O=C(Nc1cnccn1)c1cccc(CN2C(=O)N(Cc3cccc(C(=O)Nc4cnccn4)c3)[C@H](Cc3ccccc3)[C@H](O)[C@@H](O)[C@H]2Cc2ccccc2)c1. The highest BCUT2D eigenvalue weighted by atomic mass is 16.3. The Morgan fingerprint density at radius 1 is 0.554 bits per heavy atom. The average molecular weight is 749 g/mol. The molecule has 4 N–H and O–H groups in total. The maximum Gasteiger partial charge on any atom is 0.321 e. The molecule has 0 saturated carbocycles. The van der Waals surface area contributed by atoms with Gasteiger partial charge < -0.3 is 30.6 Å². The van der Waals surface area contributed by atoms with E-state index in [2.05, 4.69) is 30.6 Å². The number of aromatic nitrogens is 4.